The largest absolute Gasteiger partial charge is 1.00 e. The number of rotatable bonds is 4. The number of carbonyl (C=O) groups excluding carboxylic acids is 1. The third-order valence-electron chi connectivity index (χ3n) is 5.23. The van der Waals surface area contributed by atoms with E-state index in [0.29, 0.717) is 5.56 Å². The van der Waals surface area contributed by atoms with Gasteiger partial charge in [0.05, 0.1) is 22.8 Å². The fourth-order valence-corrected chi connectivity index (χ4v) is 3.77. The average Bonchev–Trinajstić information content (AvgIpc) is 2.73. The predicted molar refractivity (Wildman–Crippen MR) is 104 cm³/mol. The maximum absolute atomic E-state index is 10.9. The Morgan fingerprint density at radius 3 is 2.72 bits per heavy atom. The Morgan fingerprint density at radius 1 is 1.21 bits per heavy atom. The molecule has 0 aliphatic carbocycles. The molecule has 2 aromatic heterocycles. The van der Waals surface area contributed by atoms with Crippen LogP contribution in [0.2, 0.25) is 0 Å². The van der Waals surface area contributed by atoms with Gasteiger partial charge in [-0.15, -0.1) is 0 Å². The molecule has 0 N–H and O–H groups in total. The first kappa shape index (κ1) is 21.9. The number of aliphatic carboxylic acids is 1. The van der Waals surface area contributed by atoms with E-state index in [1.165, 1.54) is 0 Å². The van der Waals surface area contributed by atoms with Crippen molar-refractivity contribution in [1.82, 2.24) is 9.97 Å². The number of piperidine rings is 1. The zero-order valence-corrected chi connectivity index (χ0v) is 19.5. The summed E-state index contributed by atoms with van der Waals surface area (Å²) in [4.78, 5) is 22.4. The van der Waals surface area contributed by atoms with E-state index in [9.17, 15) is 15.2 Å². The van der Waals surface area contributed by atoms with Crippen molar-refractivity contribution in [1.29, 1.82) is 5.26 Å². The molecule has 0 amide bonds. The van der Waals surface area contributed by atoms with Crippen molar-refractivity contribution in [3.05, 3.63) is 54.2 Å². The Morgan fingerprint density at radius 2 is 2.00 bits per heavy atom. The minimum Gasteiger partial charge on any atom is -0.550 e. The molecule has 1 aliphatic rings. The first-order valence-electron chi connectivity index (χ1n) is 9.35. The number of fused-ring (bicyclic) bond motifs is 1. The van der Waals surface area contributed by atoms with E-state index >= 15 is 0 Å². The molecule has 0 unspecified atom stereocenters. The van der Waals surface area contributed by atoms with Crippen LogP contribution in [0, 0.1) is 17.2 Å². The molecule has 1 aromatic carbocycles. The maximum atomic E-state index is 10.9. The van der Waals surface area contributed by atoms with Crippen LogP contribution in [0.25, 0.3) is 22.2 Å². The molecule has 1 saturated heterocycles. The number of nitrogens with zero attached hydrogens (tertiary/aromatic N) is 4. The SMILES string of the molecule is N#Cc1cccc(-c2nc(N3CCC(CC(=O)[O-])CC3)cc3cccnc23)c1.[K+]. The fraction of sp³-hybridized carbons (Fsp3) is 0.273. The quantitative estimate of drug-likeness (QED) is 0.540. The summed E-state index contributed by atoms with van der Waals surface area (Å²) in [5, 5.41) is 21.1. The molecule has 29 heavy (non-hydrogen) atoms. The van der Waals surface area contributed by atoms with Crippen molar-refractivity contribution in [2.24, 2.45) is 5.92 Å². The monoisotopic (exact) mass is 410 g/mol. The Bertz CT molecular complexity index is 1070. The minimum atomic E-state index is -0.979. The van der Waals surface area contributed by atoms with Crippen LogP contribution >= 0.6 is 0 Å². The molecule has 0 radical (unpaired) electrons. The number of carboxylic acids is 1. The molecule has 0 saturated carbocycles. The number of hydrogen-bond acceptors (Lipinski definition) is 6. The molecule has 0 bridgehead atoms. The average molecular weight is 411 g/mol. The number of nitriles is 1. The van der Waals surface area contributed by atoms with Crippen molar-refractivity contribution in [2.75, 3.05) is 18.0 Å². The first-order chi connectivity index (χ1) is 13.6. The van der Waals surface area contributed by atoms with E-state index < -0.39 is 5.97 Å². The molecule has 7 heteroatoms. The smallest absolute Gasteiger partial charge is 0.550 e. The Hall–Kier alpha value is -1.82. The normalized spacial score (nSPS) is 14.2. The summed E-state index contributed by atoms with van der Waals surface area (Å²) in [5.41, 5.74) is 2.99. The third-order valence-corrected chi connectivity index (χ3v) is 5.23. The Labute approximate surface area is 212 Å². The van der Waals surface area contributed by atoms with Crippen LogP contribution in [0.5, 0.6) is 0 Å². The van der Waals surface area contributed by atoms with Gasteiger partial charge < -0.3 is 14.8 Å². The van der Waals surface area contributed by atoms with E-state index in [1.54, 1.807) is 12.3 Å². The van der Waals surface area contributed by atoms with Gasteiger partial charge in [0.2, 0.25) is 0 Å². The van der Waals surface area contributed by atoms with Gasteiger partial charge in [-0.1, -0.05) is 18.2 Å². The van der Waals surface area contributed by atoms with Gasteiger partial charge in [0.25, 0.3) is 0 Å². The number of benzene rings is 1. The van der Waals surface area contributed by atoms with Gasteiger partial charge in [-0.05, 0) is 49.4 Å². The van der Waals surface area contributed by atoms with Crippen LogP contribution in [0.3, 0.4) is 0 Å². The number of hydrogen-bond donors (Lipinski definition) is 0. The van der Waals surface area contributed by atoms with Gasteiger partial charge in [-0.3, -0.25) is 4.98 Å². The molecule has 140 valence electrons. The Balaban J connectivity index is 0.00000240. The summed E-state index contributed by atoms with van der Waals surface area (Å²) < 4.78 is 0. The zero-order valence-electron chi connectivity index (χ0n) is 16.3. The van der Waals surface area contributed by atoms with E-state index in [2.05, 4.69) is 16.0 Å². The summed E-state index contributed by atoms with van der Waals surface area (Å²) in [6.45, 7) is 1.52. The number of aromatic nitrogens is 2. The second-order valence-corrected chi connectivity index (χ2v) is 7.10. The maximum Gasteiger partial charge on any atom is 1.00 e. The van der Waals surface area contributed by atoms with Crippen LogP contribution in [0.15, 0.2) is 48.7 Å². The predicted octanol–water partition coefficient (Wildman–Crippen LogP) is -0.471. The van der Waals surface area contributed by atoms with Crippen molar-refractivity contribution < 1.29 is 61.3 Å². The first-order valence-corrected chi connectivity index (χ1v) is 9.35. The molecule has 3 heterocycles. The number of pyridine rings is 2. The van der Waals surface area contributed by atoms with E-state index in [-0.39, 0.29) is 63.7 Å². The minimum absolute atomic E-state index is 0. The van der Waals surface area contributed by atoms with Gasteiger partial charge >= 0.3 is 51.4 Å². The third kappa shape index (κ3) is 5.03. The summed E-state index contributed by atoms with van der Waals surface area (Å²) in [6, 6.07) is 15.5. The van der Waals surface area contributed by atoms with Crippen LogP contribution in [0.1, 0.15) is 24.8 Å². The van der Waals surface area contributed by atoms with Gasteiger partial charge in [0, 0.05) is 36.2 Å². The molecule has 0 spiro atoms. The van der Waals surface area contributed by atoms with E-state index in [4.69, 9.17) is 4.98 Å². The van der Waals surface area contributed by atoms with E-state index in [1.807, 2.05) is 36.4 Å². The molecule has 3 aromatic rings. The molecule has 1 aliphatic heterocycles. The van der Waals surface area contributed by atoms with Crippen LogP contribution in [-0.4, -0.2) is 29.0 Å². The standard InChI is InChI=1S/C22H20N4O2.K/c23-14-16-3-1-4-17(11-16)22-21-18(5-2-8-24-21)13-19(25-22)26-9-6-15(7-10-26)12-20(27)28;/h1-5,8,11,13,15H,6-7,9-10,12H2,(H,27,28);/q;+1/p-1. The number of carbonyl (C=O) groups is 1. The van der Waals surface area contributed by atoms with Gasteiger partial charge in [-0.25, -0.2) is 4.98 Å². The van der Waals surface area contributed by atoms with Crippen LogP contribution < -0.4 is 61.4 Å². The summed E-state index contributed by atoms with van der Waals surface area (Å²) >= 11 is 0. The van der Waals surface area contributed by atoms with Crippen LogP contribution in [-0.2, 0) is 4.79 Å². The molecule has 1 fully saturated rings. The van der Waals surface area contributed by atoms with Crippen molar-refractivity contribution in [3.8, 4) is 17.3 Å². The topological polar surface area (TPSA) is 92.9 Å². The second-order valence-electron chi connectivity index (χ2n) is 7.10. The summed E-state index contributed by atoms with van der Waals surface area (Å²) in [5.74, 6) is 0.0351. The molecule has 0 atom stereocenters. The molecule has 4 rings (SSSR count). The second kappa shape index (κ2) is 9.79. The van der Waals surface area contributed by atoms with Gasteiger partial charge in [-0.2, -0.15) is 5.26 Å². The van der Waals surface area contributed by atoms with Gasteiger partial charge in [0.15, 0.2) is 0 Å². The summed E-state index contributed by atoms with van der Waals surface area (Å²) in [6.07, 6.45) is 3.47. The number of carboxylic acid groups (broad SMARTS) is 1. The zero-order chi connectivity index (χ0) is 19.5. The van der Waals surface area contributed by atoms with E-state index in [0.717, 1.165) is 53.9 Å². The molecular formula is C22H19KN4O2. The summed E-state index contributed by atoms with van der Waals surface area (Å²) in [7, 11) is 0. The van der Waals surface area contributed by atoms with Crippen molar-refractivity contribution in [2.45, 2.75) is 19.3 Å². The van der Waals surface area contributed by atoms with Gasteiger partial charge in [0.1, 0.15) is 5.82 Å². The number of anilines is 1. The fourth-order valence-electron chi connectivity index (χ4n) is 3.77. The van der Waals surface area contributed by atoms with Crippen LogP contribution in [0.4, 0.5) is 5.82 Å². The Kier molecular flexibility index (Phi) is 7.38. The molecule has 6 nitrogen and oxygen atoms in total. The van der Waals surface area contributed by atoms with Crippen molar-refractivity contribution in [3.63, 3.8) is 0 Å². The van der Waals surface area contributed by atoms with Crippen molar-refractivity contribution >= 4 is 22.7 Å². The molecular weight excluding hydrogens is 391 g/mol.